The SMILES string of the molecule is Cc1cnc(NC(=O)CNC(=O)c2ccc(N)cc2)s1. The van der Waals surface area contributed by atoms with Gasteiger partial charge in [0.1, 0.15) is 0 Å². The number of hydrogen-bond acceptors (Lipinski definition) is 5. The lowest BCUT2D eigenvalue weighted by Gasteiger charge is -2.05. The number of anilines is 2. The normalized spacial score (nSPS) is 10.1. The third-order valence-corrected chi connectivity index (χ3v) is 3.28. The highest BCUT2D eigenvalue weighted by Crippen LogP contribution is 2.15. The van der Waals surface area contributed by atoms with Crippen LogP contribution < -0.4 is 16.4 Å². The molecule has 0 fully saturated rings. The van der Waals surface area contributed by atoms with E-state index in [-0.39, 0.29) is 18.4 Å². The first kappa shape index (κ1) is 14.0. The van der Waals surface area contributed by atoms with E-state index in [9.17, 15) is 9.59 Å². The minimum Gasteiger partial charge on any atom is -0.399 e. The molecule has 0 atom stereocenters. The smallest absolute Gasteiger partial charge is 0.251 e. The second-order valence-electron chi connectivity index (χ2n) is 4.13. The molecule has 104 valence electrons. The molecule has 0 aliphatic carbocycles. The summed E-state index contributed by atoms with van der Waals surface area (Å²) in [5.41, 5.74) is 6.57. The van der Waals surface area contributed by atoms with Crippen LogP contribution >= 0.6 is 11.3 Å². The summed E-state index contributed by atoms with van der Waals surface area (Å²) in [5.74, 6) is -0.640. The van der Waals surface area contributed by atoms with Gasteiger partial charge in [-0.05, 0) is 31.2 Å². The topological polar surface area (TPSA) is 97.1 Å². The van der Waals surface area contributed by atoms with Crippen LogP contribution in [0.4, 0.5) is 10.8 Å². The predicted molar refractivity (Wildman–Crippen MR) is 78.7 cm³/mol. The maximum atomic E-state index is 11.8. The number of aromatic nitrogens is 1. The summed E-state index contributed by atoms with van der Waals surface area (Å²) in [5, 5.41) is 5.67. The first-order valence-corrected chi connectivity index (χ1v) is 6.72. The minimum atomic E-state index is -0.324. The van der Waals surface area contributed by atoms with Gasteiger partial charge < -0.3 is 16.4 Å². The molecule has 0 unspecified atom stereocenters. The molecule has 0 bridgehead atoms. The molecule has 2 aromatic rings. The third kappa shape index (κ3) is 3.79. The molecule has 0 saturated carbocycles. The van der Waals surface area contributed by atoms with Crippen LogP contribution in [0.2, 0.25) is 0 Å². The van der Waals surface area contributed by atoms with Crippen molar-refractivity contribution in [1.29, 1.82) is 0 Å². The molecule has 0 spiro atoms. The number of amides is 2. The van der Waals surface area contributed by atoms with Crippen molar-refractivity contribution in [3.8, 4) is 0 Å². The zero-order valence-electron chi connectivity index (χ0n) is 10.8. The number of hydrogen-bond donors (Lipinski definition) is 3. The fraction of sp³-hybridized carbons (Fsp3) is 0.154. The van der Waals surface area contributed by atoms with Crippen molar-refractivity contribution in [2.45, 2.75) is 6.92 Å². The summed E-state index contributed by atoms with van der Waals surface area (Å²) in [6.07, 6.45) is 1.67. The van der Waals surface area contributed by atoms with Crippen LogP contribution in [0.3, 0.4) is 0 Å². The maximum absolute atomic E-state index is 11.8. The lowest BCUT2D eigenvalue weighted by Crippen LogP contribution is -2.32. The highest BCUT2D eigenvalue weighted by atomic mass is 32.1. The van der Waals surface area contributed by atoms with Crippen molar-refractivity contribution >= 4 is 34.0 Å². The summed E-state index contributed by atoms with van der Waals surface area (Å²) >= 11 is 1.38. The van der Waals surface area contributed by atoms with Crippen molar-refractivity contribution in [2.24, 2.45) is 0 Å². The first-order chi connectivity index (χ1) is 9.54. The Kier molecular flexibility index (Phi) is 4.31. The van der Waals surface area contributed by atoms with E-state index in [0.717, 1.165) is 4.88 Å². The molecule has 2 rings (SSSR count). The number of rotatable bonds is 4. The van der Waals surface area contributed by atoms with Gasteiger partial charge in [-0.15, -0.1) is 11.3 Å². The monoisotopic (exact) mass is 290 g/mol. The van der Waals surface area contributed by atoms with Crippen molar-refractivity contribution < 1.29 is 9.59 Å². The van der Waals surface area contributed by atoms with Crippen molar-refractivity contribution in [3.63, 3.8) is 0 Å². The van der Waals surface area contributed by atoms with Crippen molar-refractivity contribution in [1.82, 2.24) is 10.3 Å². The average Bonchev–Trinajstić information content (AvgIpc) is 2.82. The minimum absolute atomic E-state index is 0.109. The molecule has 0 radical (unpaired) electrons. The van der Waals surface area contributed by atoms with E-state index in [0.29, 0.717) is 16.4 Å². The van der Waals surface area contributed by atoms with Crippen LogP contribution in [0.15, 0.2) is 30.5 Å². The van der Waals surface area contributed by atoms with E-state index in [1.165, 1.54) is 11.3 Å². The Morgan fingerprint density at radius 1 is 1.30 bits per heavy atom. The van der Waals surface area contributed by atoms with Crippen LogP contribution in [0.1, 0.15) is 15.2 Å². The fourth-order valence-electron chi connectivity index (χ4n) is 1.47. The van der Waals surface area contributed by atoms with Crippen LogP contribution in [-0.4, -0.2) is 23.3 Å². The van der Waals surface area contributed by atoms with Crippen LogP contribution in [0.5, 0.6) is 0 Å². The molecule has 1 aromatic heterocycles. The maximum Gasteiger partial charge on any atom is 0.251 e. The summed E-state index contributed by atoms with van der Waals surface area (Å²) in [6.45, 7) is 1.79. The molecule has 1 heterocycles. The van der Waals surface area contributed by atoms with E-state index in [1.807, 2.05) is 6.92 Å². The van der Waals surface area contributed by atoms with Gasteiger partial charge in [-0.1, -0.05) is 0 Å². The molecule has 4 N–H and O–H groups in total. The quantitative estimate of drug-likeness (QED) is 0.741. The lowest BCUT2D eigenvalue weighted by atomic mass is 10.2. The number of nitrogen functional groups attached to an aromatic ring is 1. The number of nitrogens with zero attached hydrogens (tertiary/aromatic N) is 1. The van der Waals surface area contributed by atoms with Gasteiger partial charge in [0, 0.05) is 22.3 Å². The standard InChI is InChI=1S/C13H14N4O2S/c1-8-6-16-13(20-8)17-11(18)7-15-12(19)9-2-4-10(14)5-3-9/h2-6H,7,14H2,1H3,(H,15,19)(H,16,17,18). The van der Waals surface area contributed by atoms with Gasteiger partial charge in [0.2, 0.25) is 5.91 Å². The Bertz CT molecular complexity index is 622. The summed E-state index contributed by atoms with van der Waals surface area (Å²) < 4.78 is 0. The second kappa shape index (κ2) is 6.16. The summed E-state index contributed by atoms with van der Waals surface area (Å²) in [6, 6.07) is 6.47. The highest BCUT2D eigenvalue weighted by Gasteiger charge is 2.09. The molecule has 2 amide bonds. The first-order valence-electron chi connectivity index (χ1n) is 5.90. The Labute approximate surface area is 120 Å². The Hall–Kier alpha value is -2.41. The zero-order chi connectivity index (χ0) is 14.5. The van der Waals surface area contributed by atoms with E-state index in [2.05, 4.69) is 15.6 Å². The number of carbonyl (C=O) groups excluding carboxylic acids is 2. The number of nitrogens with two attached hydrogens (primary N) is 1. The molecule has 0 aliphatic heterocycles. The molecule has 6 nitrogen and oxygen atoms in total. The van der Waals surface area contributed by atoms with Gasteiger partial charge in [0.25, 0.3) is 5.91 Å². The molecule has 7 heteroatoms. The lowest BCUT2D eigenvalue weighted by molar-refractivity contribution is -0.115. The largest absolute Gasteiger partial charge is 0.399 e. The highest BCUT2D eigenvalue weighted by molar-refractivity contribution is 7.15. The number of nitrogens with one attached hydrogen (secondary N) is 2. The third-order valence-electron chi connectivity index (χ3n) is 2.45. The van der Waals surface area contributed by atoms with Gasteiger partial charge in [-0.3, -0.25) is 9.59 Å². The Morgan fingerprint density at radius 2 is 2.00 bits per heavy atom. The summed E-state index contributed by atoms with van der Waals surface area (Å²) in [4.78, 5) is 28.4. The van der Waals surface area contributed by atoms with Gasteiger partial charge in [-0.2, -0.15) is 0 Å². The summed E-state index contributed by atoms with van der Waals surface area (Å²) in [7, 11) is 0. The number of thiazole rings is 1. The van der Waals surface area contributed by atoms with E-state index in [4.69, 9.17) is 5.73 Å². The zero-order valence-corrected chi connectivity index (χ0v) is 11.7. The number of aryl methyl sites for hydroxylation is 1. The predicted octanol–water partition coefficient (Wildman–Crippen LogP) is 1.40. The van der Waals surface area contributed by atoms with E-state index >= 15 is 0 Å². The molecule has 0 saturated heterocycles. The molecule has 20 heavy (non-hydrogen) atoms. The van der Waals surface area contributed by atoms with Crippen molar-refractivity contribution in [2.75, 3.05) is 17.6 Å². The molecular formula is C13H14N4O2S. The fourth-order valence-corrected chi connectivity index (χ4v) is 2.15. The van der Waals surface area contributed by atoms with Gasteiger partial charge >= 0.3 is 0 Å². The van der Waals surface area contributed by atoms with Crippen molar-refractivity contribution in [3.05, 3.63) is 40.9 Å². The molecule has 1 aromatic carbocycles. The Morgan fingerprint density at radius 3 is 2.60 bits per heavy atom. The average molecular weight is 290 g/mol. The second-order valence-corrected chi connectivity index (χ2v) is 5.36. The Balaban J connectivity index is 1.84. The van der Waals surface area contributed by atoms with Crippen LogP contribution in [0, 0.1) is 6.92 Å². The van der Waals surface area contributed by atoms with Crippen LogP contribution in [-0.2, 0) is 4.79 Å². The molecular weight excluding hydrogens is 276 g/mol. The van der Waals surface area contributed by atoms with Crippen LogP contribution in [0.25, 0.3) is 0 Å². The van der Waals surface area contributed by atoms with E-state index in [1.54, 1.807) is 30.5 Å². The van der Waals surface area contributed by atoms with Gasteiger partial charge in [-0.25, -0.2) is 4.98 Å². The van der Waals surface area contributed by atoms with Gasteiger partial charge in [0.05, 0.1) is 6.54 Å². The van der Waals surface area contributed by atoms with E-state index < -0.39 is 0 Å². The number of benzene rings is 1. The molecule has 0 aliphatic rings. The van der Waals surface area contributed by atoms with Gasteiger partial charge in [0.15, 0.2) is 5.13 Å². The number of carbonyl (C=O) groups is 2.